The van der Waals surface area contributed by atoms with Gasteiger partial charge < -0.3 is 10.6 Å². The highest BCUT2D eigenvalue weighted by atomic mass is 15.2. The third-order valence-electron chi connectivity index (χ3n) is 3.44. The van der Waals surface area contributed by atoms with Gasteiger partial charge in [-0.15, -0.1) is 0 Å². The Kier molecular flexibility index (Phi) is 3.53. The van der Waals surface area contributed by atoms with Gasteiger partial charge in [-0.25, -0.2) is 0 Å². The monoisotopic (exact) mass is 197 g/mol. The Balaban J connectivity index is 2.36. The van der Waals surface area contributed by atoms with E-state index in [1.807, 2.05) is 0 Å². The van der Waals surface area contributed by atoms with E-state index in [2.05, 4.69) is 25.7 Å². The molecular formula is C11H23N3. The van der Waals surface area contributed by atoms with Crippen LogP contribution in [0.2, 0.25) is 0 Å². The van der Waals surface area contributed by atoms with Crippen LogP contribution < -0.4 is 5.73 Å². The van der Waals surface area contributed by atoms with E-state index in [0.29, 0.717) is 5.84 Å². The Bertz CT molecular complexity index is 211. The summed E-state index contributed by atoms with van der Waals surface area (Å²) in [5.74, 6) is 0.310. The van der Waals surface area contributed by atoms with Gasteiger partial charge in [-0.2, -0.15) is 0 Å². The van der Waals surface area contributed by atoms with Crippen molar-refractivity contribution in [1.82, 2.24) is 4.90 Å². The van der Waals surface area contributed by atoms with E-state index in [9.17, 15) is 0 Å². The number of nitrogens with one attached hydrogen (secondary N) is 1. The van der Waals surface area contributed by atoms with Gasteiger partial charge in [-0.05, 0) is 39.3 Å². The maximum atomic E-state index is 7.48. The van der Waals surface area contributed by atoms with Crippen LogP contribution in [0.5, 0.6) is 0 Å². The SMILES string of the molecule is CC1CCCN1CCC(C)(C)C(=N)N. The summed E-state index contributed by atoms with van der Waals surface area (Å²) in [4.78, 5) is 2.50. The molecule has 0 bridgehead atoms. The Morgan fingerprint density at radius 1 is 1.57 bits per heavy atom. The second-order valence-corrected chi connectivity index (χ2v) is 5.07. The molecule has 1 atom stereocenters. The van der Waals surface area contributed by atoms with Crippen molar-refractivity contribution in [3.05, 3.63) is 0 Å². The number of hydrogen-bond donors (Lipinski definition) is 2. The fraction of sp³-hybridized carbons (Fsp3) is 0.909. The standard InChI is InChI=1S/C11H23N3/c1-9-5-4-7-14(9)8-6-11(2,3)10(12)13/h9H,4-8H2,1-3H3,(H3,12,13). The van der Waals surface area contributed by atoms with Crippen molar-refractivity contribution in [3.8, 4) is 0 Å². The highest BCUT2D eigenvalue weighted by molar-refractivity contribution is 5.82. The Hall–Kier alpha value is -0.570. The van der Waals surface area contributed by atoms with E-state index in [-0.39, 0.29) is 5.41 Å². The first-order chi connectivity index (χ1) is 6.43. The molecule has 82 valence electrons. The van der Waals surface area contributed by atoms with Gasteiger partial charge in [0.15, 0.2) is 0 Å². The average molecular weight is 197 g/mol. The molecule has 0 amide bonds. The second kappa shape index (κ2) is 4.30. The van der Waals surface area contributed by atoms with Gasteiger partial charge in [-0.1, -0.05) is 13.8 Å². The largest absolute Gasteiger partial charge is 0.387 e. The molecule has 3 heteroatoms. The second-order valence-electron chi connectivity index (χ2n) is 5.07. The third-order valence-corrected chi connectivity index (χ3v) is 3.44. The average Bonchev–Trinajstić information content (AvgIpc) is 2.47. The summed E-state index contributed by atoms with van der Waals surface area (Å²) >= 11 is 0. The van der Waals surface area contributed by atoms with Gasteiger partial charge >= 0.3 is 0 Å². The minimum atomic E-state index is -0.137. The Morgan fingerprint density at radius 3 is 2.64 bits per heavy atom. The van der Waals surface area contributed by atoms with E-state index >= 15 is 0 Å². The molecule has 0 aromatic rings. The quantitative estimate of drug-likeness (QED) is 0.533. The van der Waals surface area contributed by atoms with Crippen molar-refractivity contribution in [2.24, 2.45) is 11.1 Å². The molecule has 0 spiro atoms. The molecule has 3 nitrogen and oxygen atoms in total. The van der Waals surface area contributed by atoms with Crippen molar-refractivity contribution in [1.29, 1.82) is 5.41 Å². The summed E-state index contributed by atoms with van der Waals surface area (Å²) in [6.45, 7) is 8.68. The van der Waals surface area contributed by atoms with Crippen LogP contribution in [0.3, 0.4) is 0 Å². The molecule has 1 aliphatic heterocycles. The van der Waals surface area contributed by atoms with Crippen LogP contribution in [0, 0.1) is 10.8 Å². The highest BCUT2D eigenvalue weighted by Crippen LogP contribution is 2.23. The topological polar surface area (TPSA) is 53.1 Å². The van der Waals surface area contributed by atoms with Gasteiger partial charge in [0.2, 0.25) is 0 Å². The van der Waals surface area contributed by atoms with Crippen molar-refractivity contribution >= 4 is 5.84 Å². The van der Waals surface area contributed by atoms with E-state index in [1.54, 1.807) is 0 Å². The molecule has 0 aliphatic carbocycles. The van der Waals surface area contributed by atoms with E-state index in [4.69, 9.17) is 11.1 Å². The summed E-state index contributed by atoms with van der Waals surface area (Å²) in [7, 11) is 0. The fourth-order valence-corrected chi connectivity index (χ4v) is 1.88. The number of nitrogens with zero attached hydrogens (tertiary/aromatic N) is 1. The molecule has 0 aromatic carbocycles. The molecule has 0 aromatic heterocycles. The Labute approximate surface area is 87.2 Å². The summed E-state index contributed by atoms with van der Waals surface area (Å²) in [5.41, 5.74) is 5.42. The van der Waals surface area contributed by atoms with Gasteiger partial charge in [-0.3, -0.25) is 5.41 Å². The molecule has 1 rings (SSSR count). The number of rotatable bonds is 4. The molecular weight excluding hydrogens is 174 g/mol. The lowest BCUT2D eigenvalue weighted by atomic mass is 9.88. The summed E-state index contributed by atoms with van der Waals surface area (Å²) in [6, 6.07) is 0.720. The smallest absolute Gasteiger partial charge is 0.0963 e. The zero-order chi connectivity index (χ0) is 10.8. The summed E-state index contributed by atoms with van der Waals surface area (Å²) in [6.07, 6.45) is 3.63. The molecule has 1 aliphatic rings. The predicted octanol–water partition coefficient (Wildman–Crippen LogP) is 1.82. The number of amidine groups is 1. The fourth-order valence-electron chi connectivity index (χ4n) is 1.88. The normalized spacial score (nSPS) is 24.1. The maximum Gasteiger partial charge on any atom is 0.0963 e. The number of nitrogens with two attached hydrogens (primary N) is 1. The molecule has 1 heterocycles. The minimum absolute atomic E-state index is 0.137. The summed E-state index contributed by atoms with van der Waals surface area (Å²) in [5, 5.41) is 7.48. The molecule has 1 saturated heterocycles. The molecule has 3 N–H and O–H groups in total. The maximum absolute atomic E-state index is 7.48. The third kappa shape index (κ3) is 2.71. The van der Waals surface area contributed by atoms with E-state index in [0.717, 1.165) is 19.0 Å². The van der Waals surface area contributed by atoms with E-state index < -0.39 is 0 Å². The number of likely N-dealkylation sites (tertiary alicyclic amines) is 1. The van der Waals surface area contributed by atoms with Gasteiger partial charge in [0.25, 0.3) is 0 Å². The molecule has 0 saturated carbocycles. The Morgan fingerprint density at radius 2 is 2.21 bits per heavy atom. The van der Waals surface area contributed by atoms with Crippen LogP contribution in [0.4, 0.5) is 0 Å². The van der Waals surface area contributed by atoms with Crippen LogP contribution in [-0.2, 0) is 0 Å². The highest BCUT2D eigenvalue weighted by Gasteiger charge is 2.25. The van der Waals surface area contributed by atoms with Crippen LogP contribution in [0.25, 0.3) is 0 Å². The van der Waals surface area contributed by atoms with Crippen molar-refractivity contribution in [2.45, 2.75) is 46.1 Å². The molecule has 14 heavy (non-hydrogen) atoms. The van der Waals surface area contributed by atoms with Crippen LogP contribution >= 0.6 is 0 Å². The van der Waals surface area contributed by atoms with Crippen molar-refractivity contribution in [2.75, 3.05) is 13.1 Å². The predicted molar refractivity (Wildman–Crippen MR) is 60.6 cm³/mol. The molecule has 0 radical (unpaired) electrons. The van der Waals surface area contributed by atoms with Crippen LogP contribution in [0.1, 0.15) is 40.0 Å². The van der Waals surface area contributed by atoms with Gasteiger partial charge in [0.05, 0.1) is 5.84 Å². The molecule has 1 unspecified atom stereocenters. The van der Waals surface area contributed by atoms with Gasteiger partial charge in [0.1, 0.15) is 0 Å². The minimum Gasteiger partial charge on any atom is -0.387 e. The van der Waals surface area contributed by atoms with E-state index in [1.165, 1.54) is 19.4 Å². The zero-order valence-corrected chi connectivity index (χ0v) is 9.64. The molecule has 1 fully saturated rings. The number of hydrogen-bond acceptors (Lipinski definition) is 2. The summed E-state index contributed by atoms with van der Waals surface area (Å²) < 4.78 is 0. The van der Waals surface area contributed by atoms with Gasteiger partial charge in [0, 0.05) is 11.5 Å². The zero-order valence-electron chi connectivity index (χ0n) is 9.64. The lowest BCUT2D eigenvalue weighted by molar-refractivity contribution is 0.240. The van der Waals surface area contributed by atoms with Crippen LogP contribution in [0.15, 0.2) is 0 Å². The van der Waals surface area contributed by atoms with Crippen molar-refractivity contribution in [3.63, 3.8) is 0 Å². The first-order valence-corrected chi connectivity index (χ1v) is 5.52. The lowest BCUT2D eigenvalue weighted by Crippen LogP contribution is -2.36. The first kappa shape index (κ1) is 11.5. The lowest BCUT2D eigenvalue weighted by Gasteiger charge is -2.28. The first-order valence-electron chi connectivity index (χ1n) is 5.52. The van der Waals surface area contributed by atoms with Crippen LogP contribution in [-0.4, -0.2) is 29.9 Å². The van der Waals surface area contributed by atoms with Crippen molar-refractivity contribution < 1.29 is 0 Å².